The van der Waals surface area contributed by atoms with Gasteiger partial charge >= 0.3 is 5.97 Å². The highest BCUT2D eigenvalue weighted by Gasteiger charge is 2.27. The minimum Gasteiger partial charge on any atom is -0.756 e. The molecule has 0 bridgehead atoms. The Kier molecular flexibility index (Phi) is 49.6. The average molecular weight is 1020 g/mol. The van der Waals surface area contributed by atoms with Crippen LogP contribution in [0.5, 0.6) is 0 Å². The first-order valence-corrected chi connectivity index (χ1v) is 31.1. The molecule has 414 valence electrons. The molecule has 0 rings (SSSR count). The number of carbonyl (C=O) groups is 2. The molecule has 9 nitrogen and oxygen atoms in total. The molecule has 10 heteroatoms. The summed E-state index contributed by atoms with van der Waals surface area (Å²) in [5, 5.41) is 3.02. The third-order valence-corrected chi connectivity index (χ3v) is 14.0. The van der Waals surface area contributed by atoms with Gasteiger partial charge in [0.1, 0.15) is 19.3 Å². The smallest absolute Gasteiger partial charge is 0.306 e. The second-order valence-electron chi connectivity index (χ2n) is 21.2. The molecule has 0 heterocycles. The summed E-state index contributed by atoms with van der Waals surface area (Å²) in [5.74, 6) is -0.557. The van der Waals surface area contributed by atoms with Crippen LogP contribution in [0.2, 0.25) is 0 Å². The molecule has 0 saturated carbocycles. The van der Waals surface area contributed by atoms with Crippen molar-refractivity contribution in [1.29, 1.82) is 0 Å². The number of unbranched alkanes of at least 4 members (excludes halogenated alkanes) is 31. The standard InChI is InChI=1S/C61H113N2O7P/c1-7-10-13-16-19-22-25-28-30-31-33-36-39-42-45-48-51-54-61(65)70-59(52-49-46-43-40-37-34-27-24-21-18-15-12-9-3)58(57-69-71(66,67)68-56-55-63(4,5)6)62-60(64)53-50-47-44-41-38-35-32-29-26-23-20-17-14-11-8-2/h11,14,17,20,23,26,28,30,49,52,58-59H,7-10,12-13,15-16,18-19,21-22,24-25,27,29,31-48,50-51,53-57H2,1-6H3,(H-,62,64,66,67)/b14-11+,20-17+,26-23+,30-28+,52-49+. The van der Waals surface area contributed by atoms with Crippen molar-refractivity contribution in [2.24, 2.45) is 0 Å². The lowest BCUT2D eigenvalue weighted by atomic mass is 10.0. The Morgan fingerprint density at radius 3 is 1.38 bits per heavy atom. The molecule has 1 N–H and O–H groups in total. The Bertz CT molecular complexity index is 1400. The van der Waals surface area contributed by atoms with Gasteiger partial charge in [0.2, 0.25) is 5.91 Å². The average Bonchev–Trinajstić information content (AvgIpc) is 3.33. The normalized spacial score (nSPS) is 14.2. The van der Waals surface area contributed by atoms with E-state index in [2.05, 4.69) is 74.7 Å². The number of carbonyl (C=O) groups excluding carboxylic acids is 2. The number of phosphoric acid groups is 1. The maximum absolute atomic E-state index is 13.5. The molecule has 0 aromatic carbocycles. The first-order valence-electron chi connectivity index (χ1n) is 29.6. The number of amides is 1. The molecule has 0 fully saturated rings. The van der Waals surface area contributed by atoms with Gasteiger partial charge in [0, 0.05) is 12.8 Å². The largest absolute Gasteiger partial charge is 0.756 e. The Morgan fingerprint density at radius 1 is 0.507 bits per heavy atom. The summed E-state index contributed by atoms with van der Waals surface area (Å²) in [6.45, 7) is 6.71. The zero-order valence-electron chi connectivity index (χ0n) is 47.2. The van der Waals surface area contributed by atoms with Gasteiger partial charge in [-0.05, 0) is 76.7 Å². The number of nitrogens with zero attached hydrogens (tertiary/aromatic N) is 1. The second-order valence-corrected chi connectivity index (χ2v) is 22.6. The molecule has 0 aromatic heterocycles. The number of hydrogen-bond donors (Lipinski definition) is 1. The van der Waals surface area contributed by atoms with Crippen LogP contribution in [0.1, 0.15) is 265 Å². The van der Waals surface area contributed by atoms with E-state index in [0.717, 1.165) is 89.9 Å². The molecule has 1 amide bonds. The molecule has 0 aliphatic heterocycles. The zero-order chi connectivity index (χ0) is 52.2. The predicted molar refractivity (Wildman–Crippen MR) is 302 cm³/mol. The van der Waals surface area contributed by atoms with Crippen molar-refractivity contribution in [3.8, 4) is 0 Å². The van der Waals surface area contributed by atoms with Crippen molar-refractivity contribution < 1.29 is 37.3 Å². The number of hydrogen-bond acceptors (Lipinski definition) is 7. The molecule has 0 aliphatic rings. The highest BCUT2D eigenvalue weighted by atomic mass is 31.2. The van der Waals surface area contributed by atoms with Gasteiger partial charge in [-0.25, -0.2) is 0 Å². The van der Waals surface area contributed by atoms with Crippen LogP contribution in [0.25, 0.3) is 0 Å². The molecule has 3 unspecified atom stereocenters. The van der Waals surface area contributed by atoms with E-state index in [-0.39, 0.29) is 24.9 Å². The number of nitrogens with one attached hydrogen (secondary N) is 1. The predicted octanol–water partition coefficient (Wildman–Crippen LogP) is 17.3. The number of rotatable bonds is 53. The number of esters is 1. The van der Waals surface area contributed by atoms with Crippen LogP contribution in [0.3, 0.4) is 0 Å². The van der Waals surface area contributed by atoms with Crippen molar-refractivity contribution in [2.45, 2.75) is 277 Å². The van der Waals surface area contributed by atoms with Crippen LogP contribution in [0, 0.1) is 0 Å². The molecular weight excluding hydrogens is 904 g/mol. The Morgan fingerprint density at radius 2 is 0.915 bits per heavy atom. The maximum Gasteiger partial charge on any atom is 0.306 e. The summed E-state index contributed by atoms with van der Waals surface area (Å²) in [5.41, 5.74) is 0. The first-order chi connectivity index (χ1) is 34.4. The van der Waals surface area contributed by atoms with Crippen molar-refractivity contribution in [2.75, 3.05) is 40.9 Å². The van der Waals surface area contributed by atoms with Crippen LogP contribution in [-0.2, 0) is 27.9 Å². The van der Waals surface area contributed by atoms with Crippen LogP contribution < -0.4 is 10.2 Å². The lowest BCUT2D eigenvalue weighted by Crippen LogP contribution is -2.47. The quantitative estimate of drug-likeness (QED) is 0.0161. The van der Waals surface area contributed by atoms with E-state index < -0.39 is 26.6 Å². The fourth-order valence-electron chi connectivity index (χ4n) is 8.40. The highest BCUT2D eigenvalue weighted by molar-refractivity contribution is 7.45. The fraction of sp³-hybridized carbons (Fsp3) is 0.803. The number of allylic oxidation sites excluding steroid dienone is 9. The Hall–Kier alpha value is -2.29. The molecule has 3 atom stereocenters. The van der Waals surface area contributed by atoms with Crippen LogP contribution >= 0.6 is 7.82 Å². The molecule has 71 heavy (non-hydrogen) atoms. The van der Waals surface area contributed by atoms with Crippen LogP contribution in [-0.4, -0.2) is 69.4 Å². The summed E-state index contributed by atoms with van der Waals surface area (Å²) >= 11 is 0. The summed E-state index contributed by atoms with van der Waals surface area (Å²) in [4.78, 5) is 39.9. The van der Waals surface area contributed by atoms with Crippen LogP contribution in [0.4, 0.5) is 0 Å². The van der Waals surface area contributed by atoms with E-state index in [0.29, 0.717) is 17.4 Å². The van der Waals surface area contributed by atoms with Gasteiger partial charge in [-0.1, -0.05) is 236 Å². The lowest BCUT2D eigenvalue weighted by Gasteiger charge is -2.30. The second kappa shape index (κ2) is 51.2. The minimum absolute atomic E-state index is 0.0267. The van der Waals surface area contributed by atoms with E-state index in [1.54, 1.807) is 0 Å². The lowest BCUT2D eigenvalue weighted by molar-refractivity contribution is -0.870. The van der Waals surface area contributed by atoms with E-state index in [1.807, 2.05) is 33.3 Å². The van der Waals surface area contributed by atoms with Gasteiger partial charge in [0.15, 0.2) is 0 Å². The summed E-state index contributed by atoms with van der Waals surface area (Å²) < 4.78 is 30.3. The first kappa shape index (κ1) is 68.7. The fourth-order valence-corrected chi connectivity index (χ4v) is 9.12. The topological polar surface area (TPSA) is 114 Å². The van der Waals surface area contributed by atoms with E-state index in [9.17, 15) is 19.0 Å². The van der Waals surface area contributed by atoms with Gasteiger partial charge in [0.25, 0.3) is 7.82 Å². The van der Waals surface area contributed by atoms with Gasteiger partial charge < -0.3 is 28.5 Å². The molecule has 0 radical (unpaired) electrons. The van der Waals surface area contributed by atoms with Crippen LogP contribution in [0.15, 0.2) is 60.8 Å². The SMILES string of the molecule is CC/C=C/C=C/C=C/CCCCCCCCCC(=O)NC(COP(=O)([O-])OCC[N+](C)(C)C)C(/C=C/CCCCCCCCCCCCC)OC(=O)CCCCCCCCC/C=C/CCCCCCCC. The van der Waals surface area contributed by atoms with E-state index in [1.165, 1.54) is 141 Å². The summed E-state index contributed by atoms with van der Waals surface area (Å²) in [6, 6.07) is -0.896. The molecule has 0 saturated heterocycles. The molecule has 0 aliphatic carbocycles. The van der Waals surface area contributed by atoms with Gasteiger partial charge in [-0.3, -0.25) is 14.2 Å². The van der Waals surface area contributed by atoms with E-state index in [4.69, 9.17) is 13.8 Å². The van der Waals surface area contributed by atoms with Crippen molar-refractivity contribution in [1.82, 2.24) is 5.32 Å². The van der Waals surface area contributed by atoms with Crippen molar-refractivity contribution >= 4 is 19.7 Å². The van der Waals surface area contributed by atoms with Gasteiger partial charge in [-0.2, -0.15) is 0 Å². The van der Waals surface area contributed by atoms with Crippen molar-refractivity contribution in [3.63, 3.8) is 0 Å². The van der Waals surface area contributed by atoms with Gasteiger partial charge in [0.05, 0.1) is 33.8 Å². The van der Waals surface area contributed by atoms with Gasteiger partial charge in [-0.15, -0.1) is 0 Å². The van der Waals surface area contributed by atoms with Crippen molar-refractivity contribution in [3.05, 3.63) is 60.8 Å². The molecule has 0 spiro atoms. The third kappa shape index (κ3) is 52.4. The number of phosphoric ester groups is 1. The monoisotopic (exact) mass is 1020 g/mol. The Labute approximate surface area is 439 Å². The Balaban J connectivity index is 5.35. The minimum atomic E-state index is -4.70. The third-order valence-electron chi connectivity index (χ3n) is 13.0. The zero-order valence-corrected chi connectivity index (χ0v) is 48.1. The number of likely N-dealkylation sites (N-methyl/N-ethyl adjacent to an activating group) is 1. The number of ether oxygens (including phenoxy) is 1. The molecule has 0 aromatic rings. The summed E-state index contributed by atoms with van der Waals surface area (Å²) in [6.07, 6.45) is 63.2. The highest BCUT2D eigenvalue weighted by Crippen LogP contribution is 2.38. The molecular formula is C61H113N2O7P. The van der Waals surface area contributed by atoms with E-state index >= 15 is 0 Å². The maximum atomic E-state index is 13.5. The number of quaternary nitrogens is 1. The summed E-state index contributed by atoms with van der Waals surface area (Å²) in [7, 11) is 1.17.